The summed E-state index contributed by atoms with van der Waals surface area (Å²) in [5.74, 6) is 0.134. The van der Waals surface area contributed by atoms with Crippen molar-refractivity contribution in [2.75, 3.05) is 0 Å². The zero-order valence-electron chi connectivity index (χ0n) is 6.57. The Morgan fingerprint density at radius 2 is 2.00 bits per heavy atom. The fourth-order valence-electron chi connectivity index (χ4n) is 0.982. The van der Waals surface area contributed by atoms with Crippen molar-refractivity contribution in [2.45, 2.75) is 0 Å². The van der Waals surface area contributed by atoms with Gasteiger partial charge in [-0.25, -0.2) is 13.4 Å². The molecule has 1 aromatic heterocycles. The largest absolute Gasteiger partial charge is 0.444 e. The van der Waals surface area contributed by atoms with Crippen molar-refractivity contribution >= 4 is 42.4 Å². The molecule has 4 nitrogen and oxygen atoms in total. The minimum atomic E-state index is -3.68. The summed E-state index contributed by atoms with van der Waals surface area (Å²) in [6.07, 6.45) is 1.13. The molecule has 74 valence electrons. The molecule has 0 unspecified atom stereocenters. The summed E-state index contributed by atoms with van der Waals surface area (Å²) in [6.45, 7) is 0. The molecule has 0 atom stereocenters. The Labute approximate surface area is 89.8 Å². The van der Waals surface area contributed by atoms with Crippen LogP contribution in [0.3, 0.4) is 0 Å². The monoisotopic (exact) mass is 251 g/mol. The summed E-state index contributed by atoms with van der Waals surface area (Å²) >= 11 is 10.9. The van der Waals surface area contributed by atoms with Crippen molar-refractivity contribution in [1.82, 2.24) is 0 Å². The highest BCUT2D eigenvalue weighted by atomic mass is 35.5. The molecule has 0 bridgehead atoms. The molecule has 0 spiro atoms. The van der Waals surface area contributed by atoms with Crippen LogP contribution in [0, 0.1) is 0 Å². The Morgan fingerprint density at radius 1 is 1.29 bits per heavy atom. The molecule has 0 saturated carbocycles. The Balaban J connectivity index is 2.51. The Bertz CT molecular complexity index is 541. The lowest BCUT2D eigenvalue weighted by atomic mass is 10.4. The summed E-state index contributed by atoms with van der Waals surface area (Å²) < 4.78 is 27.4. The fourth-order valence-corrected chi connectivity index (χ4v) is 2.36. The van der Waals surface area contributed by atoms with E-state index in [4.69, 9.17) is 27.6 Å². The number of hydrogen-bond donors (Lipinski definition) is 0. The summed E-state index contributed by atoms with van der Waals surface area (Å²) in [4.78, 5) is 3.41. The smallest absolute Gasteiger partial charge is 0.240 e. The molecule has 0 saturated heterocycles. The third kappa shape index (κ3) is 1.37. The van der Waals surface area contributed by atoms with Gasteiger partial charge in [-0.1, -0.05) is 0 Å². The molecule has 14 heavy (non-hydrogen) atoms. The average molecular weight is 252 g/mol. The first-order valence-corrected chi connectivity index (χ1v) is 5.70. The van der Waals surface area contributed by atoms with E-state index in [1.54, 1.807) is 0 Å². The van der Waals surface area contributed by atoms with Gasteiger partial charge in [0.15, 0.2) is 5.22 Å². The highest BCUT2D eigenvalue weighted by Gasteiger charge is 2.31. The van der Waals surface area contributed by atoms with Gasteiger partial charge in [-0.05, 0) is 35.3 Å². The Morgan fingerprint density at radius 3 is 2.43 bits per heavy atom. The van der Waals surface area contributed by atoms with E-state index in [0.717, 1.165) is 6.20 Å². The van der Waals surface area contributed by atoms with Gasteiger partial charge in [0.1, 0.15) is 10.7 Å². The topological polar surface area (TPSA) is 59.6 Å². The second-order valence-electron chi connectivity index (χ2n) is 2.48. The summed E-state index contributed by atoms with van der Waals surface area (Å²) in [5.41, 5.74) is 0. The van der Waals surface area contributed by atoms with Gasteiger partial charge in [-0.3, -0.25) is 0 Å². The zero-order valence-corrected chi connectivity index (χ0v) is 8.90. The minimum Gasteiger partial charge on any atom is -0.444 e. The third-order valence-electron chi connectivity index (χ3n) is 1.61. The summed E-state index contributed by atoms with van der Waals surface area (Å²) in [6, 6.07) is 2.89. The van der Waals surface area contributed by atoms with Gasteiger partial charge in [0.25, 0.3) is 0 Å². The quantitative estimate of drug-likeness (QED) is 0.770. The van der Waals surface area contributed by atoms with E-state index < -0.39 is 14.3 Å². The van der Waals surface area contributed by atoms with Crippen LogP contribution < -0.4 is 0 Å². The molecule has 0 aliphatic carbocycles. The third-order valence-corrected chi connectivity index (χ3v) is 3.96. The number of hydrogen-bond acceptors (Lipinski definition) is 4. The highest BCUT2D eigenvalue weighted by Crippen LogP contribution is 2.31. The van der Waals surface area contributed by atoms with Gasteiger partial charge in [0, 0.05) is 0 Å². The molecule has 0 aromatic carbocycles. The molecule has 2 heterocycles. The lowest BCUT2D eigenvalue weighted by Crippen LogP contribution is -2.05. The normalized spacial score (nSPS) is 19.3. The first-order valence-electron chi connectivity index (χ1n) is 3.46. The van der Waals surface area contributed by atoms with E-state index in [9.17, 15) is 8.42 Å². The second kappa shape index (κ2) is 3.12. The predicted octanol–water partition coefficient (Wildman–Crippen LogP) is 2.25. The first-order chi connectivity index (χ1) is 6.51. The van der Waals surface area contributed by atoms with E-state index in [-0.39, 0.29) is 15.9 Å². The maximum Gasteiger partial charge on any atom is 0.240 e. The Kier molecular flexibility index (Phi) is 2.17. The van der Waals surface area contributed by atoms with Crippen LogP contribution in [-0.2, 0) is 9.84 Å². The highest BCUT2D eigenvalue weighted by molar-refractivity contribution is 8.17. The zero-order chi connectivity index (χ0) is 10.3. The van der Waals surface area contributed by atoms with E-state index in [1.807, 2.05) is 0 Å². The van der Waals surface area contributed by atoms with Crippen molar-refractivity contribution in [3.8, 4) is 0 Å². The van der Waals surface area contributed by atoms with Gasteiger partial charge in [0.2, 0.25) is 14.3 Å². The van der Waals surface area contributed by atoms with Crippen molar-refractivity contribution in [1.29, 1.82) is 0 Å². The van der Waals surface area contributed by atoms with E-state index in [1.165, 1.54) is 12.1 Å². The molecule has 7 heteroatoms. The number of halogens is 2. The number of nitrogens with zero attached hydrogens (tertiary/aromatic N) is 1. The van der Waals surface area contributed by atoms with Gasteiger partial charge in [-0.2, -0.15) is 0 Å². The summed E-state index contributed by atoms with van der Waals surface area (Å²) in [7, 11) is -3.68. The number of aliphatic imine (C=N–C) groups is 1. The molecule has 1 aliphatic heterocycles. The van der Waals surface area contributed by atoms with E-state index in [2.05, 4.69) is 4.99 Å². The van der Waals surface area contributed by atoms with E-state index in [0.29, 0.717) is 0 Å². The van der Waals surface area contributed by atoms with Crippen LogP contribution in [0.5, 0.6) is 0 Å². The SMILES string of the molecule is O=S1(=O)C(c2ccc(Cl)o2)=CN=C1Cl. The Hall–Kier alpha value is -0.780. The minimum absolute atomic E-state index is 0.0746. The maximum absolute atomic E-state index is 11.5. The molecule has 0 amide bonds. The van der Waals surface area contributed by atoms with Gasteiger partial charge in [0.05, 0.1) is 6.20 Å². The summed E-state index contributed by atoms with van der Waals surface area (Å²) in [5, 5.41) is 0.110. The molecule has 0 radical (unpaired) electrons. The van der Waals surface area contributed by atoms with E-state index >= 15 is 0 Å². The van der Waals surface area contributed by atoms with Crippen molar-refractivity contribution in [3.05, 3.63) is 29.3 Å². The fraction of sp³-hybridized carbons (Fsp3) is 0. The van der Waals surface area contributed by atoms with Crippen LogP contribution >= 0.6 is 23.2 Å². The van der Waals surface area contributed by atoms with Crippen molar-refractivity contribution in [3.63, 3.8) is 0 Å². The second-order valence-corrected chi connectivity index (χ2v) is 5.27. The molecule has 1 aliphatic rings. The van der Waals surface area contributed by atoms with Crippen LogP contribution in [0.1, 0.15) is 5.76 Å². The van der Waals surface area contributed by atoms with Gasteiger partial charge in [-0.15, -0.1) is 0 Å². The van der Waals surface area contributed by atoms with Crippen LogP contribution in [0.4, 0.5) is 0 Å². The van der Waals surface area contributed by atoms with Crippen LogP contribution in [0.2, 0.25) is 5.22 Å². The van der Waals surface area contributed by atoms with Crippen molar-refractivity contribution in [2.24, 2.45) is 4.99 Å². The van der Waals surface area contributed by atoms with Gasteiger partial charge >= 0.3 is 0 Å². The maximum atomic E-state index is 11.5. The molecule has 0 N–H and O–H groups in total. The first kappa shape index (κ1) is 9.76. The molecule has 0 fully saturated rings. The number of sulfone groups is 1. The lowest BCUT2D eigenvalue weighted by molar-refractivity contribution is 0.555. The van der Waals surface area contributed by atoms with Crippen LogP contribution in [0.25, 0.3) is 4.91 Å². The average Bonchev–Trinajstić information content (AvgIpc) is 2.60. The predicted molar refractivity (Wildman–Crippen MR) is 53.9 cm³/mol. The number of rotatable bonds is 1. The standard InChI is InChI=1S/C7H3Cl2NO3S/c8-6-2-1-4(13-6)5-3-10-7(9)14(5,11)12/h1-3H. The molecule has 1 aromatic rings. The van der Waals surface area contributed by atoms with Crippen LogP contribution in [-0.4, -0.2) is 12.9 Å². The van der Waals surface area contributed by atoms with Crippen LogP contribution in [0.15, 0.2) is 27.7 Å². The van der Waals surface area contributed by atoms with Gasteiger partial charge < -0.3 is 4.42 Å². The van der Waals surface area contributed by atoms with Crippen molar-refractivity contribution < 1.29 is 12.8 Å². The lowest BCUT2D eigenvalue weighted by Gasteiger charge is -1.96. The molecule has 2 rings (SSSR count). The molecular formula is C7H3Cl2NO3S. The number of furan rings is 1. The molecular weight excluding hydrogens is 249 g/mol.